The largest absolute Gasteiger partial charge is 0.383 e. The molecule has 0 saturated heterocycles. The van der Waals surface area contributed by atoms with Gasteiger partial charge in [0.15, 0.2) is 5.78 Å². The summed E-state index contributed by atoms with van der Waals surface area (Å²) in [5.74, 6) is -0.982. The zero-order valence-corrected chi connectivity index (χ0v) is 17.3. The lowest BCUT2D eigenvalue weighted by Crippen LogP contribution is -2.20. The summed E-state index contributed by atoms with van der Waals surface area (Å²) in [7, 11) is 0. The fourth-order valence-corrected chi connectivity index (χ4v) is 4.29. The Morgan fingerprint density at radius 3 is 2.57 bits per heavy atom. The van der Waals surface area contributed by atoms with E-state index in [0.717, 1.165) is 27.9 Å². The van der Waals surface area contributed by atoms with E-state index in [1.165, 1.54) is 0 Å². The van der Waals surface area contributed by atoms with E-state index in [-0.39, 0.29) is 23.9 Å². The number of rotatable bonds is 6. The van der Waals surface area contributed by atoms with Crippen molar-refractivity contribution in [3.63, 3.8) is 0 Å². The summed E-state index contributed by atoms with van der Waals surface area (Å²) >= 11 is 6.12. The lowest BCUT2D eigenvalue weighted by molar-refractivity contribution is -0.124. The van der Waals surface area contributed by atoms with E-state index in [1.807, 2.05) is 32.9 Å². The SMILES string of the molecule is C=C(CC1CC(=O)C(c2c(C)cc(C)cc2C)C1=O)NCc1ncccc1Cl. The van der Waals surface area contributed by atoms with Crippen LogP contribution >= 0.6 is 11.6 Å². The number of Topliss-reactive ketones (excluding diaryl/α,β-unsaturated/α-hetero) is 2. The zero-order chi connectivity index (χ0) is 20.4. The van der Waals surface area contributed by atoms with Crippen LogP contribution in [0.5, 0.6) is 0 Å². The number of halogens is 1. The molecule has 5 heteroatoms. The van der Waals surface area contributed by atoms with Crippen molar-refractivity contribution in [3.8, 4) is 0 Å². The third-order valence-electron chi connectivity index (χ3n) is 5.32. The Morgan fingerprint density at radius 1 is 1.25 bits per heavy atom. The van der Waals surface area contributed by atoms with Crippen LogP contribution in [-0.2, 0) is 16.1 Å². The third-order valence-corrected chi connectivity index (χ3v) is 5.66. The number of hydrogen-bond donors (Lipinski definition) is 1. The van der Waals surface area contributed by atoms with E-state index < -0.39 is 5.92 Å². The van der Waals surface area contributed by atoms with Crippen LogP contribution < -0.4 is 5.32 Å². The molecule has 1 aromatic carbocycles. The molecule has 1 aliphatic rings. The van der Waals surface area contributed by atoms with Gasteiger partial charge in [-0.25, -0.2) is 0 Å². The highest BCUT2D eigenvalue weighted by atomic mass is 35.5. The summed E-state index contributed by atoms with van der Waals surface area (Å²) < 4.78 is 0. The molecule has 0 spiro atoms. The molecular weight excluding hydrogens is 372 g/mol. The molecule has 0 radical (unpaired) electrons. The van der Waals surface area contributed by atoms with Crippen molar-refractivity contribution in [3.05, 3.63) is 75.7 Å². The maximum atomic E-state index is 13.0. The van der Waals surface area contributed by atoms with Gasteiger partial charge in [0.25, 0.3) is 0 Å². The van der Waals surface area contributed by atoms with Crippen molar-refractivity contribution in [1.82, 2.24) is 10.3 Å². The normalized spacial score (nSPS) is 19.1. The molecule has 2 atom stereocenters. The Hall–Kier alpha value is -2.46. The Kier molecular flexibility index (Phi) is 5.99. The van der Waals surface area contributed by atoms with E-state index >= 15 is 0 Å². The van der Waals surface area contributed by atoms with E-state index in [2.05, 4.69) is 16.9 Å². The molecule has 0 aliphatic heterocycles. The highest BCUT2D eigenvalue weighted by molar-refractivity contribution is 6.31. The summed E-state index contributed by atoms with van der Waals surface area (Å²) in [6.07, 6.45) is 2.39. The molecule has 146 valence electrons. The first kappa shape index (κ1) is 20.3. The van der Waals surface area contributed by atoms with Crippen LogP contribution in [-0.4, -0.2) is 16.6 Å². The monoisotopic (exact) mass is 396 g/mol. The minimum absolute atomic E-state index is 0.00104. The van der Waals surface area contributed by atoms with E-state index in [0.29, 0.717) is 23.7 Å². The molecule has 1 aliphatic carbocycles. The molecule has 0 amide bonds. The second-order valence-corrected chi connectivity index (χ2v) is 8.02. The van der Waals surface area contributed by atoms with Crippen molar-refractivity contribution in [2.24, 2.45) is 5.92 Å². The van der Waals surface area contributed by atoms with Crippen LogP contribution in [0.15, 0.2) is 42.7 Å². The molecule has 1 N–H and O–H groups in total. The van der Waals surface area contributed by atoms with Gasteiger partial charge in [0.1, 0.15) is 11.7 Å². The van der Waals surface area contributed by atoms with Gasteiger partial charge in [-0.05, 0) is 56.0 Å². The molecule has 1 aromatic heterocycles. The van der Waals surface area contributed by atoms with Gasteiger partial charge in [-0.15, -0.1) is 0 Å². The number of aromatic nitrogens is 1. The topological polar surface area (TPSA) is 59.1 Å². The lowest BCUT2D eigenvalue weighted by atomic mass is 9.86. The molecule has 2 unspecified atom stereocenters. The Bertz CT molecular complexity index is 928. The summed E-state index contributed by atoms with van der Waals surface area (Å²) in [5, 5.41) is 3.77. The Balaban J connectivity index is 1.69. The van der Waals surface area contributed by atoms with Crippen molar-refractivity contribution < 1.29 is 9.59 Å². The van der Waals surface area contributed by atoms with Crippen LogP contribution in [0.25, 0.3) is 0 Å². The fraction of sp³-hybridized carbons (Fsp3) is 0.348. The number of benzene rings is 1. The van der Waals surface area contributed by atoms with Gasteiger partial charge in [0.2, 0.25) is 0 Å². The Labute approximate surface area is 171 Å². The average Bonchev–Trinajstić information content (AvgIpc) is 2.88. The summed E-state index contributed by atoms with van der Waals surface area (Å²) in [4.78, 5) is 30.0. The molecule has 28 heavy (non-hydrogen) atoms. The first-order valence-electron chi connectivity index (χ1n) is 9.43. The maximum absolute atomic E-state index is 13.0. The molecule has 1 fully saturated rings. The van der Waals surface area contributed by atoms with E-state index in [1.54, 1.807) is 18.3 Å². The smallest absolute Gasteiger partial charge is 0.151 e. The number of carbonyl (C=O) groups excluding carboxylic acids is 2. The summed E-state index contributed by atoms with van der Waals surface area (Å²) in [6.45, 7) is 10.4. The summed E-state index contributed by atoms with van der Waals surface area (Å²) in [6, 6.07) is 7.63. The number of hydrogen-bond acceptors (Lipinski definition) is 4. The number of ketones is 2. The van der Waals surface area contributed by atoms with Crippen LogP contribution in [0, 0.1) is 26.7 Å². The molecule has 1 heterocycles. The first-order chi connectivity index (χ1) is 13.3. The van der Waals surface area contributed by atoms with Crippen molar-refractivity contribution in [2.45, 2.75) is 46.1 Å². The molecular formula is C23H25ClN2O2. The number of aryl methyl sites for hydroxylation is 3. The van der Waals surface area contributed by atoms with Crippen molar-refractivity contribution in [1.29, 1.82) is 0 Å². The quantitative estimate of drug-likeness (QED) is 0.725. The van der Waals surface area contributed by atoms with Gasteiger partial charge >= 0.3 is 0 Å². The average molecular weight is 397 g/mol. The number of nitrogens with zero attached hydrogens (tertiary/aromatic N) is 1. The third kappa shape index (κ3) is 4.17. The molecule has 3 rings (SSSR count). The molecule has 0 bridgehead atoms. The highest BCUT2D eigenvalue weighted by Gasteiger charge is 2.43. The molecule has 2 aromatic rings. The first-order valence-corrected chi connectivity index (χ1v) is 9.81. The van der Waals surface area contributed by atoms with Gasteiger partial charge in [-0.2, -0.15) is 0 Å². The lowest BCUT2D eigenvalue weighted by Gasteiger charge is -2.17. The second kappa shape index (κ2) is 8.27. The van der Waals surface area contributed by atoms with Crippen LogP contribution in [0.2, 0.25) is 5.02 Å². The minimum atomic E-state index is -0.649. The van der Waals surface area contributed by atoms with Crippen LogP contribution in [0.4, 0.5) is 0 Å². The van der Waals surface area contributed by atoms with Gasteiger partial charge in [0, 0.05) is 24.2 Å². The van der Waals surface area contributed by atoms with Gasteiger partial charge in [-0.1, -0.05) is 35.9 Å². The predicted molar refractivity (Wildman–Crippen MR) is 111 cm³/mol. The predicted octanol–water partition coefficient (Wildman–Crippen LogP) is 4.60. The number of pyridine rings is 1. The number of carbonyl (C=O) groups is 2. The van der Waals surface area contributed by atoms with E-state index in [4.69, 9.17) is 11.6 Å². The van der Waals surface area contributed by atoms with Crippen LogP contribution in [0.1, 0.15) is 46.7 Å². The summed E-state index contributed by atoms with van der Waals surface area (Å²) in [5.41, 5.74) is 5.47. The Morgan fingerprint density at radius 2 is 1.93 bits per heavy atom. The van der Waals surface area contributed by atoms with Crippen molar-refractivity contribution >= 4 is 23.2 Å². The molecule has 1 saturated carbocycles. The van der Waals surface area contributed by atoms with E-state index in [9.17, 15) is 9.59 Å². The zero-order valence-electron chi connectivity index (χ0n) is 16.5. The van der Waals surface area contributed by atoms with Gasteiger partial charge in [0.05, 0.1) is 17.3 Å². The number of allylic oxidation sites excluding steroid dienone is 1. The van der Waals surface area contributed by atoms with Crippen LogP contribution in [0.3, 0.4) is 0 Å². The maximum Gasteiger partial charge on any atom is 0.151 e. The molecule has 4 nitrogen and oxygen atoms in total. The number of nitrogens with one attached hydrogen (secondary N) is 1. The van der Waals surface area contributed by atoms with Gasteiger partial charge < -0.3 is 5.32 Å². The fourth-order valence-electron chi connectivity index (χ4n) is 4.10. The standard InChI is InChI=1S/C23H25ClN2O2/c1-13-8-14(2)21(15(3)9-13)22-20(27)11-17(23(22)28)10-16(4)26-12-19-18(24)6-5-7-25-19/h5-9,17,22,26H,4,10-12H2,1-3H3. The highest BCUT2D eigenvalue weighted by Crippen LogP contribution is 2.38. The van der Waals surface area contributed by atoms with Gasteiger partial charge in [-0.3, -0.25) is 14.6 Å². The minimum Gasteiger partial charge on any atom is -0.383 e. The second-order valence-electron chi connectivity index (χ2n) is 7.61. The van der Waals surface area contributed by atoms with Crippen molar-refractivity contribution in [2.75, 3.05) is 0 Å².